The van der Waals surface area contributed by atoms with Gasteiger partial charge in [-0.05, 0) is 51.4 Å². The van der Waals surface area contributed by atoms with Crippen LogP contribution in [0, 0.1) is 12.8 Å². The first-order valence-corrected chi connectivity index (χ1v) is 9.39. The molecule has 0 unspecified atom stereocenters. The van der Waals surface area contributed by atoms with Gasteiger partial charge in [-0.3, -0.25) is 9.78 Å². The number of likely N-dealkylation sites (tertiary alicyclic amines) is 1. The number of benzene rings is 1. The Morgan fingerprint density at radius 1 is 1.22 bits per heavy atom. The fraction of sp³-hybridized carbons (Fsp3) is 0.400. The highest BCUT2D eigenvalue weighted by Crippen LogP contribution is 2.23. The lowest BCUT2D eigenvalue weighted by atomic mass is 9.96. The summed E-state index contributed by atoms with van der Waals surface area (Å²) in [4.78, 5) is 19.3. The maximum absolute atomic E-state index is 13.0. The van der Waals surface area contributed by atoms with E-state index in [1.807, 2.05) is 49.2 Å². The highest BCUT2D eigenvalue weighted by molar-refractivity contribution is 5.94. The number of nitrogens with zero attached hydrogens (tertiary/aromatic N) is 5. The van der Waals surface area contributed by atoms with Crippen LogP contribution in [0.4, 0.5) is 0 Å². The van der Waals surface area contributed by atoms with Crippen molar-refractivity contribution in [2.75, 3.05) is 26.7 Å². The summed E-state index contributed by atoms with van der Waals surface area (Å²) in [7, 11) is 1.97. The van der Waals surface area contributed by atoms with Gasteiger partial charge in [0.2, 0.25) is 0 Å². The molecule has 0 atom stereocenters. The molecule has 140 valence electrons. The van der Waals surface area contributed by atoms with E-state index in [4.69, 9.17) is 0 Å². The standard InChI is InChI=1S/C20H24N6O/c1-14-18(20(27)25-11-8-15(9-12-25)13-21-2)23-24-26(14)17-7-3-5-16-6-4-10-22-19(16)17/h3-7,10,15,21H,8-9,11-13H2,1-2H3. The predicted octanol–water partition coefficient (Wildman–Crippen LogP) is 2.20. The number of carbonyl (C=O) groups excluding carboxylic acids is 1. The average Bonchev–Trinajstić information content (AvgIpc) is 3.09. The number of nitrogens with one attached hydrogen (secondary N) is 1. The molecule has 1 N–H and O–H groups in total. The lowest BCUT2D eigenvalue weighted by Crippen LogP contribution is -2.40. The van der Waals surface area contributed by atoms with Crippen LogP contribution in [-0.2, 0) is 0 Å². The molecule has 1 saturated heterocycles. The van der Waals surface area contributed by atoms with Crippen LogP contribution in [0.2, 0.25) is 0 Å². The number of piperidine rings is 1. The number of aromatic nitrogens is 4. The van der Waals surface area contributed by atoms with E-state index in [9.17, 15) is 4.79 Å². The van der Waals surface area contributed by atoms with Crippen molar-refractivity contribution < 1.29 is 4.79 Å². The number of para-hydroxylation sites is 1. The second-order valence-electron chi connectivity index (χ2n) is 7.08. The monoisotopic (exact) mass is 364 g/mol. The molecule has 7 nitrogen and oxygen atoms in total. The summed E-state index contributed by atoms with van der Waals surface area (Å²) in [5.41, 5.74) is 2.86. The Kier molecular flexibility index (Phi) is 4.85. The van der Waals surface area contributed by atoms with E-state index in [2.05, 4.69) is 20.6 Å². The number of fused-ring (bicyclic) bond motifs is 1. The first kappa shape index (κ1) is 17.6. The third-order valence-corrected chi connectivity index (χ3v) is 5.33. The van der Waals surface area contributed by atoms with E-state index in [1.165, 1.54) is 0 Å². The van der Waals surface area contributed by atoms with Crippen LogP contribution in [0.25, 0.3) is 16.6 Å². The number of hydrogen-bond acceptors (Lipinski definition) is 5. The van der Waals surface area contributed by atoms with Crippen LogP contribution >= 0.6 is 0 Å². The molecule has 0 spiro atoms. The quantitative estimate of drug-likeness (QED) is 0.768. The molecule has 1 amide bonds. The van der Waals surface area contributed by atoms with Crippen LogP contribution in [0.1, 0.15) is 29.0 Å². The van der Waals surface area contributed by atoms with Crippen molar-refractivity contribution in [3.63, 3.8) is 0 Å². The summed E-state index contributed by atoms with van der Waals surface area (Å²) in [5, 5.41) is 12.7. The molecule has 0 bridgehead atoms. The van der Waals surface area contributed by atoms with Crippen molar-refractivity contribution in [3.05, 3.63) is 47.9 Å². The molecular weight excluding hydrogens is 340 g/mol. The zero-order valence-corrected chi connectivity index (χ0v) is 15.7. The molecule has 0 saturated carbocycles. The normalized spacial score (nSPS) is 15.4. The fourth-order valence-corrected chi connectivity index (χ4v) is 3.79. The van der Waals surface area contributed by atoms with Gasteiger partial charge in [0.1, 0.15) is 0 Å². The van der Waals surface area contributed by atoms with Gasteiger partial charge in [-0.1, -0.05) is 23.4 Å². The van der Waals surface area contributed by atoms with Crippen molar-refractivity contribution in [1.82, 2.24) is 30.2 Å². The molecule has 7 heteroatoms. The van der Waals surface area contributed by atoms with Crippen molar-refractivity contribution in [2.24, 2.45) is 5.92 Å². The van der Waals surface area contributed by atoms with Crippen LogP contribution < -0.4 is 5.32 Å². The lowest BCUT2D eigenvalue weighted by Gasteiger charge is -2.31. The molecule has 1 aromatic carbocycles. The summed E-state index contributed by atoms with van der Waals surface area (Å²) in [5.74, 6) is 0.604. The maximum Gasteiger partial charge on any atom is 0.276 e. The Morgan fingerprint density at radius 2 is 2.00 bits per heavy atom. The predicted molar refractivity (Wildman–Crippen MR) is 104 cm³/mol. The van der Waals surface area contributed by atoms with E-state index in [0.29, 0.717) is 11.6 Å². The van der Waals surface area contributed by atoms with E-state index < -0.39 is 0 Å². The summed E-state index contributed by atoms with van der Waals surface area (Å²) < 4.78 is 1.72. The molecule has 1 aliphatic rings. The Bertz CT molecular complexity index is 953. The first-order chi connectivity index (χ1) is 13.2. The Labute approximate surface area is 158 Å². The Morgan fingerprint density at radius 3 is 2.78 bits per heavy atom. The fourth-order valence-electron chi connectivity index (χ4n) is 3.79. The molecule has 2 aromatic heterocycles. The van der Waals surface area contributed by atoms with Gasteiger partial charge in [0.05, 0.1) is 16.9 Å². The molecule has 3 aromatic rings. The van der Waals surface area contributed by atoms with E-state index in [0.717, 1.165) is 54.8 Å². The van der Waals surface area contributed by atoms with Crippen molar-refractivity contribution in [2.45, 2.75) is 19.8 Å². The van der Waals surface area contributed by atoms with Crippen LogP contribution in [-0.4, -0.2) is 57.5 Å². The summed E-state index contributed by atoms with van der Waals surface area (Å²) in [6, 6.07) is 9.86. The highest BCUT2D eigenvalue weighted by atomic mass is 16.2. The van der Waals surface area contributed by atoms with E-state index >= 15 is 0 Å². The van der Waals surface area contributed by atoms with Crippen molar-refractivity contribution in [1.29, 1.82) is 0 Å². The molecule has 1 aliphatic heterocycles. The van der Waals surface area contributed by atoms with Gasteiger partial charge in [0, 0.05) is 24.7 Å². The lowest BCUT2D eigenvalue weighted by molar-refractivity contribution is 0.0684. The Hall–Kier alpha value is -2.80. The van der Waals surface area contributed by atoms with Gasteiger partial charge in [0.15, 0.2) is 5.69 Å². The van der Waals surface area contributed by atoms with E-state index in [-0.39, 0.29) is 5.91 Å². The van der Waals surface area contributed by atoms with Crippen molar-refractivity contribution >= 4 is 16.8 Å². The smallest absolute Gasteiger partial charge is 0.276 e. The third kappa shape index (κ3) is 3.30. The number of rotatable bonds is 4. The average molecular weight is 364 g/mol. The van der Waals surface area contributed by atoms with Gasteiger partial charge in [0.25, 0.3) is 5.91 Å². The van der Waals surface area contributed by atoms with Crippen LogP contribution in [0.3, 0.4) is 0 Å². The molecule has 0 radical (unpaired) electrons. The third-order valence-electron chi connectivity index (χ3n) is 5.33. The molecule has 3 heterocycles. The topological polar surface area (TPSA) is 75.9 Å². The van der Waals surface area contributed by atoms with E-state index in [1.54, 1.807) is 10.9 Å². The van der Waals surface area contributed by atoms with Gasteiger partial charge in [-0.15, -0.1) is 5.10 Å². The molecule has 4 rings (SSSR count). The highest BCUT2D eigenvalue weighted by Gasteiger charge is 2.27. The number of hydrogen-bond donors (Lipinski definition) is 1. The number of amides is 1. The second-order valence-corrected chi connectivity index (χ2v) is 7.08. The zero-order valence-electron chi connectivity index (χ0n) is 15.7. The van der Waals surface area contributed by atoms with Gasteiger partial charge in [-0.2, -0.15) is 0 Å². The van der Waals surface area contributed by atoms with Gasteiger partial charge < -0.3 is 10.2 Å². The van der Waals surface area contributed by atoms with Crippen LogP contribution in [0.5, 0.6) is 0 Å². The van der Waals surface area contributed by atoms with Gasteiger partial charge >= 0.3 is 0 Å². The second kappa shape index (κ2) is 7.44. The molecule has 27 heavy (non-hydrogen) atoms. The number of pyridine rings is 1. The van der Waals surface area contributed by atoms with Gasteiger partial charge in [-0.25, -0.2) is 4.68 Å². The minimum atomic E-state index is -0.0325. The molecule has 0 aliphatic carbocycles. The van der Waals surface area contributed by atoms with Crippen LogP contribution in [0.15, 0.2) is 36.5 Å². The molecule has 1 fully saturated rings. The first-order valence-electron chi connectivity index (χ1n) is 9.39. The van der Waals surface area contributed by atoms with Crippen molar-refractivity contribution in [3.8, 4) is 5.69 Å². The minimum Gasteiger partial charge on any atom is -0.337 e. The maximum atomic E-state index is 13.0. The number of carbonyl (C=O) groups is 1. The summed E-state index contributed by atoms with van der Waals surface area (Å²) in [6.45, 7) is 4.44. The SMILES string of the molecule is CNCC1CCN(C(=O)c2nnn(-c3cccc4cccnc34)c2C)CC1. The molecular formula is C20H24N6O. The Balaban J connectivity index is 1.60. The minimum absolute atomic E-state index is 0.0325. The largest absolute Gasteiger partial charge is 0.337 e. The zero-order chi connectivity index (χ0) is 18.8. The summed E-state index contributed by atoms with van der Waals surface area (Å²) >= 11 is 0. The summed E-state index contributed by atoms with van der Waals surface area (Å²) in [6.07, 6.45) is 3.81.